The zero-order valence-electron chi connectivity index (χ0n) is 14.6. The van der Waals surface area contributed by atoms with Gasteiger partial charge in [-0.2, -0.15) is 5.10 Å². The fourth-order valence-electron chi connectivity index (χ4n) is 3.76. The van der Waals surface area contributed by atoms with Gasteiger partial charge >= 0.3 is 0 Å². The van der Waals surface area contributed by atoms with Crippen LogP contribution < -0.4 is 4.74 Å². The number of benzene rings is 3. The van der Waals surface area contributed by atoms with Crippen molar-refractivity contribution in [3.05, 3.63) is 99.3 Å². The summed E-state index contributed by atoms with van der Waals surface area (Å²) in [5, 5.41) is 7.84. The quantitative estimate of drug-likeness (QED) is 0.487. The molecular weight excluding hydrogens is 398 g/mol. The number of rotatable bonds is 2. The fourth-order valence-corrected chi connectivity index (χ4v) is 4.10. The first-order valence-electron chi connectivity index (χ1n) is 8.92. The number of nitrogens with zero attached hydrogens (tertiary/aromatic N) is 2. The summed E-state index contributed by atoms with van der Waals surface area (Å²) >= 11 is 12.4. The summed E-state index contributed by atoms with van der Waals surface area (Å²) in [6.45, 7) is 0. The molecule has 5 rings (SSSR count). The topological polar surface area (TPSA) is 24.8 Å². The number of halogens is 3. The second-order valence-corrected chi connectivity index (χ2v) is 7.67. The molecule has 2 aliphatic rings. The Bertz CT molecular complexity index is 1080. The normalized spacial score (nSPS) is 20.2. The van der Waals surface area contributed by atoms with E-state index in [4.69, 9.17) is 33.0 Å². The van der Waals surface area contributed by atoms with Gasteiger partial charge in [-0.25, -0.2) is 9.40 Å². The van der Waals surface area contributed by atoms with Crippen LogP contribution in [0.1, 0.15) is 35.4 Å². The lowest BCUT2D eigenvalue weighted by atomic mass is 9.96. The third-order valence-electron chi connectivity index (χ3n) is 5.10. The molecule has 2 atom stereocenters. The molecule has 140 valence electrons. The van der Waals surface area contributed by atoms with Crippen LogP contribution in [0.25, 0.3) is 0 Å². The van der Waals surface area contributed by atoms with Gasteiger partial charge < -0.3 is 4.74 Å². The lowest BCUT2D eigenvalue weighted by Crippen LogP contribution is -2.33. The van der Waals surface area contributed by atoms with Gasteiger partial charge in [0.2, 0.25) is 6.23 Å². The molecule has 28 heavy (non-hydrogen) atoms. The number of hydrazone groups is 1. The van der Waals surface area contributed by atoms with Crippen LogP contribution in [0, 0.1) is 5.82 Å². The summed E-state index contributed by atoms with van der Waals surface area (Å²) in [5.74, 6) is 0.404. The molecule has 6 heteroatoms. The van der Waals surface area contributed by atoms with Crippen molar-refractivity contribution in [1.29, 1.82) is 0 Å². The van der Waals surface area contributed by atoms with E-state index in [1.54, 1.807) is 6.07 Å². The van der Waals surface area contributed by atoms with Gasteiger partial charge in [-0.15, -0.1) is 0 Å². The molecule has 0 aliphatic carbocycles. The van der Waals surface area contributed by atoms with Crippen LogP contribution in [-0.2, 0) is 0 Å². The van der Waals surface area contributed by atoms with Crippen molar-refractivity contribution in [2.75, 3.05) is 0 Å². The summed E-state index contributed by atoms with van der Waals surface area (Å²) in [5.41, 5.74) is 3.54. The van der Waals surface area contributed by atoms with E-state index in [1.807, 2.05) is 53.5 Å². The maximum Gasteiger partial charge on any atom is 0.215 e. The minimum atomic E-state index is -0.604. The van der Waals surface area contributed by atoms with Crippen molar-refractivity contribution in [2.24, 2.45) is 5.10 Å². The number of ether oxygens (including phenoxy) is 1. The average Bonchev–Trinajstić information content (AvgIpc) is 3.15. The van der Waals surface area contributed by atoms with Gasteiger partial charge in [-0.3, -0.25) is 0 Å². The van der Waals surface area contributed by atoms with Gasteiger partial charge in [-0.05, 0) is 42.0 Å². The molecule has 0 spiro atoms. The lowest BCUT2D eigenvalue weighted by molar-refractivity contribution is -0.0191. The molecule has 0 unspecified atom stereocenters. The highest BCUT2D eigenvalue weighted by atomic mass is 35.5. The van der Waals surface area contributed by atoms with E-state index in [0.29, 0.717) is 22.0 Å². The Morgan fingerprint density at radius 2 is 1.75 bits per heavy atom. The van der Waals surface area contributed by atoms with Crippen LogP contribution in [0.5, 0.6) is 5.75 Å². The van der Waals surface area contributed by atoms with E-state index in [-0.39, 0.29) is 11.9 Å². The summed E-state index contributed by atoms with van der Waals surface area (Å²) in [6.07, 6.45) is 0.110. The Balaban J connectivity index is 1.62. The smallest absolute Gasteiger partial charge is 0.215 e. The molecule has 2 aliphatic heterocycles. The predicted molar refractivity (Wildman–Crippen MR) is 108 cm³/mol. The van der Waals surface area contributed by atoms with E-state index in [2.05, 4.69) is 0 Å². The molecule has 0 amide bonds. The first-order valence-corrected chi connectivity index (χ1v) is 9.68. The Morgan fingerprint density at radius 1 is 0.964 bits per heavy atom. The Hall–Kier alpha value is -2.56. The van der Waals surface area contributed by atoms with Crippen LogP contribution in [0.4, 0.5) is 4.39 Å². The van der Waals surface area contributed by atoms with Gasteiger partial charge in [-0.1, -0.05) is 53.5 Å². The van der Waals surface area contributed by atoms with Gasteiger partial charge in [0.05, 0.1) is 11.8 Å². The van der Waals surface area contributed by atoms with Crippen LogP contribution in [0.15, 0.2) is 71.8 Å². The maximum atomic E-state index is 13.9. The van der Waals surface area contributed by atoms with E-state index in [0.717, 1.165) is 22.6 Å². The summed E-state index contributed by atoms with van der Waals surface area (Å²) < 4.78 is 20.2. The third kappa shape index (κ3) is 2.93. The number of hydrogen-bond donors (Lipinski definition) is 0. The van der Waals surface area contributed by atoms with Crippen molar-refractivity contribution in [3.63, 3.8) is 0 Å². The zero-order chi connectivity index (χ0) is 19.3. The summed E-state index contributed by atoms with van der Waals surface area (Å²) in [7, 11) is 0. The number of para-hydroxylation sites is 1. The predicted octanol–water partition coefficient (Wildman–Crippen LogP) is 6.37. The van der Waals surface area contributed by atoms with Crippen molar-refractivity contribution < 1.29 is 9.13 Å². The van der Waals surface area contributed by atoms with Crippen LogP contribution in [0.3, 0.4) is 0 Å². The van der Waals surface area contributed by atoms with E-state index in [1.165, 1.54) is 12.1 Å². The van der Waals surface area contributed by atoms with Gasteiger partial charge in [0.1, 0.15) is 11.6 Å². The average molecular weight is 413 g/mol. The highest BCUT2D eigenvalue weighted by Gasteiger charge is 2.41. The second-order valence-electron chi connectivity index (χ2n) is 6.83. The first-order chi connectivity index (χ1) is 13.6. The van der Waals surface area contributed by atoms with Crippen molar-refractivity contribution in [2.45, 2.75) is 18.7 Å². The maximum absolute atomic E-state index is 13.9. The molecule has 3 nitrogen and oxygen atoms in total. The van der Waals surface area contributed by atoms with Crippen LogP contribution in [0.2, 0.25) is 10.0 Å². The standard InChI is InChI=1S/C22H15Cl2FN2O/c23-14-7-5-13(6-8-14)19-12-20-16-3-1-2-4-21(16)28-22(27(20)26-19)17-11-15(25)9-10-18(17)24/h1-11,20,22H,12H2/t20-,22-/m1/s1. The van der Waals surface area contributed by atoms with E-state index in [9.17, 15) is 4.39 Å². The zero-order valence-corrected chi connectivity index (χ0v) is 16.2. The highest BCUT2D eigenvalue weighted by Crippen LogP contribution is 2.48. The third-order valence-corrected chi connectivity index (χ3v) is 5.70. The molecule has 3 aromatic carbocycles. The van der Waals surface area contributed by atoms with E-state index < -0.39 is 6.23 Å². The molecule has 0 radical (unpaired) electrons. The van der Waals surface area contributed by atoms with Gasteiger partial charge in [0, 0.05) is 27.6 Å². The molecule has 0 fully saturated rings. The van der Waals surface area contributed by atoms with Crippen LogP contribution >= 0.6 is 23.2 Å². The summed E-state index contributed by atoms with van der Waals surface area (Å²) in [4.78, 5) is 0. The molecule has 0 bridgehead atoms. The number of hydrogen-bond acceptors (Lipinski definition) is 3. The van der Waals surface area contributed by atoms with Crippen molar-refractivity contribution in [3.8, 4) is 5.75 Å². The molecule has 3 aromatic rings. The Labute approximate surface area is 172 Å². The van der Waals surface area contributed by atoms with E-state index >= 15 is 0 Å². The second kappa shape index (κ2) is 6.80. The Kier molecular flexibility index (Phi) is 4.26. The van der Waals surface area contributed by atoms with Crippen molar-refractivity contribution >= 4 is 28.9 Å². The lowest BCUT2D eigenvalue weighted by Gasteiger charge is -2.38. The van der Waals surface area contributed by atoms with Gasteiger partial charge in [0.15, 0.2) is 0 Å². The minimum Gasteiger partial charge on any atom is -0.464 e. The SMILES string of the molecule is Fc1ccc(Cl)c([C@H]2Oc3ccccc3[C@H]3CC(c4ccc(Cl)cc4)=NN32)c1. The highest BCUT2D eigenvalue weighted by molar-refractivity contribution is 6.31. The van der Waals surface area contributed by atoms with Crippen LogP contribution in [-0.4, -0.2) is 10.7 Å². The van der Waals surface area contributed by atoms with Gasteiger partial charge in [0.25, 0.3) is 0 Å². The first kappa shape index (κ1) is 17.5. The molecule has 0 saturated carbocycles. The Morgan fingerprint density at radius 3 is 2.57 bits per heavy atom. The molecular formula is C22H15Cl2FN2O. The number of fused-ring (bicyclic) bond motifs is 3. The molecule has 2 heterocycles. The monoisotopic (exact) mass is 412 g/mol. The largest absolute Gasteiger partial charge is 0.464 e. The minimum absolute atomic E-state index is 0.0139. The fraction of sp³-hybridized carbons (Fsp3) is 0.136. The molecule has 0 N–H and O–H groups in total. The molecule has 0 aromatic heterocycles. The molecule has 0 saturated heterocycles. The summed E-state index contributed by atoms with van der Waals surface area (Å²) in [6, 6.07) is 19.8. The van der Waals surface area contributed by atoms with Crippen molar-refractivity contribution in [1.82, 2.24) is 5.01 Å².